The van der Waals surface area contributed by atoms with Gasteiger partial charge in [0.25, 0.3) is 0 Å². The van der Waals surface area contributed by atoms with E-state index in [-0.39, 0.29) is 11.8 Å². The summed E-state index contributed by atoms with van der Waals surface area (Å²) in [4.78, 5) is 22.8. The largest absolute Gasteiger partial charge is 0.389 e. The normalized spacial score (nSPS) is 25.5. The highest BCUT2D eigenvalue weighted by molar-refractivity contribution is 7.16. The Kier molecular flexibility index (Phi) is 6.33. The molecule has 4 N–H and O–H groups in total. The predicted molar refractivity (Wildman–Crippen MR) is 147 cm³/mol. The second-order valence-electron chi connectivity index (χ2n) is 9.57. The zero-order chi connectivity index (χ0) is 26.6. The van der Waals surface area contributed by atoms with Gasteiger partial charge in [-0.25, -0.2) is 9.97 Å². The lowest BCUT2D eigenvalue weighted by Crippen LogP contribution is -2.41. The van der Waals surface area contributed by atoms with Crippen LogP contribution in [0.5, 0.6) is 0 Å². The highest BCUT2D eigenvalue weighted by Gasteiger charge is 2.75. The molecule has 2 saturated carbocycles. The molecule has 1 aromatic carbocycles. The molecule has 2 aliphatic rings. The molecule has 194 valence electrons. The maximum atomic E-state index is 12.6. The number of aliphatic hydroxyl groups excluding tert-OH is 2. The number of hydrogen-bond donors (Lipinski definition) is 4. The van der Waals surface area contributed by atoms with Gasteiger partial charge in [0.15, 0.2) is 5.65 Å². The monoisotopic (exact) mass is 567 g/mol. The Morgan fingerprint density at radius 2 is 2.08 bits per heavy atom. The Morgan fingerprint density at radius 3 is 2.82 bits per heavy atom. The van der Waals surface area contributed by atoms with Crippen molar-refractivity contribution in [2.45, 2.75) is 31.2 Å². The van der Waals surface area contributed by atoms with E-state index in [2.05, 4.69) is 27.5 Å². The van der Waals surface area contributed by atoms with Gasteiger partial charge in [-0.2, -0.15) is 0 Å². The number of anilines is 1. The zero-order valence-electron chi connectivity index (χ0n) is 20.2. The number of amides is 1. The number of carbonyl (C=O) groups excluding carboxylic acids is 1. The third-order valence-electron chi connectivity index (χ3n) is 7.43. The molecule has 0 aliphatic heterocycles. The Labute approximate surface area is 232 Å². The van der Waals surface area contributed by atoms with Crippen molar-refractivity contribution in [2.75, 3.05) is 12.4 Å². The molecule has 1 amide bonds. The highest BCUT2D eigenvalue weighted by atomic mass is 35.5. The maximum Gasteiger partial charge on any atom is 0.229 e. The van der Waals surface area contributed by atoms with E-state index in [0.29, 0.717) is 44.9 Å². The maximum absolute atomic E-state index is 12.6. The van der Waals surface area contributed by atoms with Crippen LogP contribution in [-0.4, -0.2) is 49.9 Å². The van der Waals surface area contributed by atoms with Crippen molar-refractivity contribution < 1.29 is 15.0 Å². The number of halogens is 2. The van der Waals surface area contributed by atoms with Crippen molar-refractivity contribution in [1.29, 1.82) is 0 Å². The third-order valence-corrected chi connectivity index (χ3v) is 8.81. The van der Waals surface area contributed by atoms with E-state index < -0.39 is 23.7 Å². The fraction of sp³-hybridized carbons (Fsp3) is 0.296. The summed E-state index contributed by atoms with van der Waals surface area (Å²) in [5.41, 5.74) is 2.30. The molecule has 3 aromatic heterocycles. The van der Waals surface area contributed by atoms with Crippen LogP contribution in [0.2, 0.25) is 9.36 Å². The van der Waals surface area contributed by atoms with E-state index in [4.69, 9.17) is 28.2 Å². The SMILES string of the molecule is CNC(=O)[C@]12CC1[C@@H](n1cnc3c(NCc4cccc(Cl)c4)cc(C#Cc4ccc(Cl)s4)nc31)C(O)[C@@H]2O. The standard InChI is InChI=1S/C27H23Cl2N5O3S/c1-30-26(37)27-11-18(27)22(23(35)24(27)36)34-13-32-21-19(31-12-14-3-2-4-15(28)9-14)10-16(33-25(21)34)5-6-17-7-8-20(29)38-17/h2-4,7-10,13,18,22-24,35-36H,11-12H2,1H3,(H,30,37)(H,31,33)/t18?,22-,23?,24+,27-/m1/s1. The van der Waals surface area contributed by atoms with Gasteiger partial charge in [0.2, 0.25) is 5.91 Å². The van der Waals surface area contributed by atoms with Crippen LogP contribution in [-0.2, 0) is 11.3 Å². The van der Waals surface area contributed by atoms with Gasteiger partial charge in [-0.15, -0.1) is 11.3 Å². The molecule has 3 heterocycles. The van der Waals surface area contributed by atoms with E-state index in [1.165, 1.54) is 18.4 Å². The van der Waals surface area contributed by atoms with E-state index in [0.717, 1.165) is 10.4 Å². The summed E-state index contributed by atoms with van der Waals surface area (Å²) >= 11 is 13.6. The summed E-state index contributed by atoms with van der Waals surface area (Å²) < 4.78 is 2.42. The van der Waals surface area contributed by atoms with E-state index in [1.54, 1.807) is 17.0 Å². The molecule has 0 bridgehead atoms. The number of imidazole rings is 1. The zero-order valence-corrected chi connectivity index (χ0v) is 22.5. The van der Waals surface area contributed by atoms with Crippen molar-refractivity contribution >= 4 is 57.3 Å². The minimum Gasteiger partial charge on any atom is -0.389 e. The summed E-state index contributed by atoms with van der Waals surface area (Å²) in [5, 5.41) is 28.5. The molecule has 2 fully saturated rings. The van der Waals surface area contributed by atoms with Crippen LogP contribution in [0.1, 0.15) is 28.6 Å². The Balaban J connectivity index is 1.41. The molecular formula is C27H23Cl2N5O3S. The van der Waals surface area contributed by atoms with E-state index >= 15 is 0 Å². The van der Waals surface area contributed by atoms with Crippen molar-refractivity contribution in [2.24, 2.45) is 11.3 Å². The molecule has 0 saturated heterocycles. The fourth-order valence-electron chi connectivity index (χ4n) is 5.56. The molecule has 38 heavy (non-hydrogen) atoms. The number of aliphatic hydroxyl groups is 2. The lowest BCUT2D eigenvalue weighted by atomic mass is 9.98. The van der Waals surface area contributed by atoms with Gasteiger partial charge < -0.3 is 25.4 Å². The minimum atomic E-state index is -1.18. The first-order valence-electron chi connectivity index (χ1n) is 12.0. The Morgan fingerprint density at radius 1 is 1.24 bits per heavy atom. The highest BCUT2D eigenvalue weighted by Crippen LogP contribution is 2.67. The average Bonchev–Trinajstić information content (AvgIpc) is 3.15. The van der Waals surface area contributed by atoms with Crippen molar-refractivity contribution in [3.8, 4) is 11.8 Å². The average molecular weight is 568 g/mol. The smallest absolute Gasteiger partial charge is 0.229 e. The number of nitrogens with one attached hydrogen (secondary N) is 2. The van der Waals surface area contributed by atoms with Crippen molar-refractivity contribution in [3.63, 3.8) is 0 Å². The fourth-order valence-corrected chi connectivity index (χ4v) is 6.67. The number of carbonyl (C=O) groups is 1. The molecule has 2 unspecified atom stereocenters. The van der Waals surface area contributed by atoms with Gasteiger partial charge >= 0.3 is 0 Å². The molecule has 0 radical (unpaired) electrons. The number of rotatable bonds is 5. The molecule has 5 atom stereocenters. The molecular weight excluding hydrogens is 545 g/mol. The van der Waals surface area contributed by atoms with Gasteiger partial charge in [0.05, 0.1) is 38.8 Å². The Bertz CT molecular complexity index is 1630. The summed E-state index contributed by atoms with van der Waals surface area (Å²) in [6, 6.07) is 12.5. The van der Waals surface area contributed by atoms with Crippen LogP contribution in [0.15, 0.2) is 48.8 Å². The molecule has 0 spiro atoms. The number of nitrogens with zero attached hydrogens (tertiary/aromatic N) is 3. The minimum absolute atomic E-state index is 0.238. The first-order valence-corrected chi connectivity index (χ1v) is 13.6. The third kappa shape index (κ3) is 4.13. The second kappa shape index (κ2) is 9.56. The summed E-state index contributed by atoms with van der Waals surface area (Å²) in [6.45, 7) is 0.493. The first-order chi connectivity index (χ1) is 18.3. The lowest BCUT2D eigenvalue weighted by Gasteiger charge is -2.23. The van der Waals surface area contributed by atoms with E-state index in [9.17, 15) is 15.0 Å². The number of benzene rings is 1. The number of aromatic nitrogens is 3. The summed E-state index contributed by atoms with van der Waals surface area (Å²) in [5.74, 6) is 5.71. The topological polar surface area (TPSA) is 112 Å². The summed E-state index contributed by atoms with van der Waals surface area (Å²) in [6.07, 6.45) is -0.233. The van der Waals surface area contributed by atoms with Crippen LogP contribution in [0.4, 0.5) is 5.69 Å². The van der Waals surface area contributed by atoms with Crippen LogP contribution >= 0.6 is 34.5 Å². The van der Waals surface area contributed by atoms with Gasteiger partial charge in [-0.1, -0.05) is 35.3 Å². The quantitative estimate of drug-likeness (QED) is 0.272. The molecule has 11 heteroatoms. The van der Waals surface area contributed by atoms with Crippen molar-refractivity contribution in [1.82, 2.24) is 19.9 Å². The molecule has 8 nitrogen and oxygen atoms in total. The van der Waals surface area contributed by atoms with Gasteiger partial charge in [-0.05, 0) is 54.2 Å². The molecule has 4 aromatic rings. The number of thiophene rings is 1. The van der Waals surface area contributed by atoms with Crippen molar-refractivity contribution in [3.05, 3.63) is 74.3 Å². The van der Waals surface area contributed by atoms with Gasteiger partial charge in [0, 0.05) is 24.5 Å². The Hall–Kier alpha value is -3.13. The molecule has 6 rings (SSSR count). The van der Waals surface area contributed by atoms with E-state index in [1.807, 2.05) is 36.4 Å². The second-order valence-corrected chi connectivity index (χ2v) is 11.7. The predicted octanol–water partition coefficient (Wildman–Crippen LogP) is 3.84. The van der Waals surface area contributed by atoms with Crippen LogP contribution < -0.4 is 10.6 Å². The summed E-state index contributed by atoms with van der Waals surface area (Å²) in [7, 11) is 1.54. The van der Waals surface area contributed by atoms with Crippen LogP contribution in [0, 0.1) is 23.2 Å². The number of fused-ring (bicyclic) bond motifs is 2. The number of hydrogen-bond acceptors (Lipinski definition) is 7. The molecule has 2 aliphatic carbocycles. The first kappa shape index (κ1) is 25.2. The van der Waals surface area contributed by atoms with Gasteiger partial charge in [0.1, 0.15) is 17.3 Å². The lowest BCUT2D eigenvalue weighted by molar-refractivity contribution is -0.132. The van der Waals surface area contributed by atoms with Crippen LogP contribution in [0.25, 0.3) is 11.2 Å². The van der Waals surface area contributed by atoms with Crippen LogP contribution in [0.3, 0.4) is 0 Å². The van der Waals surface area contributed by atoms with Gasteiger partial charge in [-0.3, -0.25) is 4.79 Å². The number of pyridine rings is 1.